The lowest BCUT2D eigenvalue weighted by atomic mass is 9.86. The van der Waals surface area contributed by atoms with Gasteiger partial charge in [0, 0.05) is 12.6 Å². The van der Waals surface area contributed by atoms with Crippen molar-refractivity contribution in [3.05, 3.63) is 11.8 Å². The van der Waals surface area contributed by atoms with Crippen LogP contribution in [-0.4, -0.2) is 22.5 Å². The standard InChI is InChI=1S/C14H20F3N3/c15-14(16,17)12-6-7-18-13-9-11(19-20(12)13)8-10-4-2-1-3-5-10/h9-10,12,18H,1-8H2. The highest BCUT2D eigenvalue weighted by Crippen LogP contribution is 2.38. The van der Waals surface area contributed by atoms with Crippen LogP contribution < -0.4 is 5.32 Å². The summed E-state index contributed by atoms with van der Waals surface area (Å²) < 4.78 is 40.1. The van der Waals surface area contributed by atoms with Crippen molar-refractivity contribution in [2.45, 2.75) is 57.2 Å². The van der Waals surface area contributed by atoms with E-state index in [9.17, 15) is 13.2 Å². The van der Waals surface area contributed by atoms with Crippen molar-refractivity contribution in [2.24, 2.45) is 5.92 Å². The largest absolute Gasteiger partial charge is 0.410 e. The van der Waals surface area contributed by atoms with Gasteiger partial charge >= 0.3 is 6.18 Å². The first-order chi connectivity index (χ1) is 9.54. The molecule has 1 aliphatic carbocycles. The third-order valence-corrected chi connectivity index (χ3v) is 4.41. The number of halogens is 3. The summed E-state index contributed by atoms with van der Waals surface area (Å²) in [6.07, 6.45) is 2.77. The molecule has 0 saturated heterocycles. The van der Waals surface area contributed by atoms with Gasteiger partial charge in [0.2, 0.25) is 0 Å². The summed E-state index contributed by atoms with van der Waals surface area (Å²) >= 11 is 0. The molecule has 0 amide bonds. The van der Waals surface area contributed by atoms with Gasteiger partial charge in [-0.3, -0.25) is 0 Å². The van der Waals surface area contributed by atoms with Crippen molar-refractivity contribution in [3.63, 3.8) is 0 Å². The van der Waals surface area contributed by atoms with Crippen LogP contribution in [0.15, 0.2) is 6.07 Å². The van der Waals surface area contributed by atoms with Crippen LogP contribution in [0.3, 0.4) is 0 Å². The van der Waals surface area contributed by atoms with E-state index >= 15 is 0 Å². The summed E-state index contributed by atoms with van der Waals surface area (Å²) in [7, 11) is 0. The van der Waals surface area contributed by atoms with Crippen LogP contribution >= 0.6 is 0 Å². The number of fused-ring (bicyclic) bond motifs is 1. The molecule has 1 N–H and O–H groups in total. The van der Waals surface area contributed by atoms with E-state index in [1.807, 2.05) is 0 Å². The number of hydrogen-bond donors (Lipinski definition) is 1. The fraction of sp³-hybridized carbons (Fsp3) is 0.786. The highest BCUT2D eigenvalue weighted by molar-refractivity contribution is 5.39. The zero-order valence-electron chi connectivity index (χ0n) is 11.4. The Bertz CT molecular complexity index is 461. The second-order valence-corrected chi connectivity index (χ2v) is 5.95. The number of hydrogen-bond acceptors (Lipinski definition) is 2. The van der Waals surface area contributed by atoms with Crippen molar-refractivity contribution in [1.82, 2.24) is 9.78 Å². The Morgan fingerprint density at radius 2 is 1.95 bits per heavy atom. The Kier molecular flexibility index (Phi) is 3.65. The van der Waals surface area contributed by atoms with Crippen LogP contribution in [0.1, 0.15) is 50.3 Å². The molecule has 3 nitrogen and oxygen atoms in total. The first-order valence-corrected chi connectivity index (χ1v) is 7.43. The van der Waals surface area contributed by atoms with Crippen molar-refractivity contribution >= 4 is 5.82 Å². The molecule has 1 unspecified atom stereocenters. The topological polar surface area (TPSA) is 29.9 Å². The fourth-order valence-corrected chi connectivity index (χ4v) is 3.36. The third-order valence-electron chi connectivity index (χ3n) is 4.41. The molecule has 3 rings (SSSR count). The molecular formula is C14H20F3N3. The average molecular weight is 287 g/mol. The molecule has 0 radical (unpaired) electrons. The van der Waals surface area contributed by atoms with Crippen LogP contribution in [0.5, 0.6) is 0 Å². The predicted molar refractivity (Wildman–Crippen MR) is 70.7 cm³/mol. The maximum atomic E-state index is 13.0. The molecule has 1 aromatic rings. The maximum Gasteiger partial charge on any atom is 0.410 e. The molecule has 1 aliphatic heterocycles. The molecule has 0 bridgehead atoms. The van der Waals surface area contributed by atoms with Crippen molar-refractivity contribution in [3.8, 4) is 0 Å². The Morgan fingerprint density at radius 3 is 2.65 bits per heavy atom. The first kappa shape index (κ1) is 13.8. The molecule has 2 aliphatic rings. The minimum Gasteiger partial charge on any atom is -0.370 e. The molecule has 1 atom stereocenters. The number of nitrogens with zero attached hydrogens (tertiary/aromatic N) is 2. The van der Waals surface area contributed by atoms with Gasteiger partial charge in [-0.25, -0.2) is 4.68 Å². The number of aromatic nitrogens is 2. The molecule has 0 aromatic carbocycles. The van der Waals surface area contributed by atoms with E-state index in [1.165, 1.54) is 32.1 Å². The summed E-state index contributed by atoms with van der Waals surface area (Å²) in [4.78, 5) is 0. The quantitative estimate of drug-likeness (QED) is 0.893. The van der Waals surface area contributed by atoms with Gasteiger partial charge in [-0.1, -0.05) is 32.1 Å². The molecule has 1 saturated carbocycles. The van der Waals surface area contributed by atoms with Gasteiger partial charge in [-0.15, -0.1) is 0 Å². The number of anilines is 1. The SMILES string of the molecule is FC(F)(F)C1CCNc2cc(CC3CCCCC3)nn21. The van der Waals surface area contributed by atoms with Crippen molar-refractivity contribution in [1.29, 1.82) is 0 Å². The van der Waals surface area contributed by atoms with E-state index in [4.69, 9.17) is 0 Å². The maximum absolute atomic E-state index is 13.0. The minimum absolute atomic E-state index is 0.0566. The molecule has 112 valence electrons. The summed E-state index contributed by atoms with van der Waals surface area (Å²) in [5.41, 5.74) is 0.801. The van der Waals surface area contributed by atoms with Gasteiger partial charge in [0.15, 0.2) is 6.04 Å². The summed E-state index contributed by atoms with van der Waals surface area (Å²) in [5.74, 6) is 1.11. The van der Waals surface area contributed by atoms with E-state index in [2.05, 4.69) is 10.4 Å². The number of alkyl halides is 3. The van der Waals surface area contributed by atoms with Gasteiger partial charge in [-0.05, 0) is 18.8 Å². The van der Waals surface area contributed by atoms with Gasteiger partial charge in [-0.2, -0.15) is 18.3 Å². The minimum atomic E-state index is -4.22. The van der Waals surface area contributed by atoms with Crippen LogP contribution in [0.2, 0.25) is 0 Å². The molecule has 1 aromatic heterocycles. The lowest BCUT2D eigenvalue weighted by Gasteiger charge is -2.27. The second-order valence-electron chi connectivity index (χ2n) is 5.95. The Labute approximate surface area is 116 Å². The van der Waals surface area contributed by atoms with Gasteiger partial charge in [0.25, 0.3) is 0 Å². The van der Waals surface area contributed by atoms with E-state index in [1.54, 1.807) is 6.07 Å². The lowest BCUT2D eigenvalue weighted by Crippen LogP contribution is -2.33. The molecule has 6 heteroatoms. The van der Waals surface area contributed by atoms with E-state index < -0.39 is 12.2 Å². The summed E-state index contributed by atoms with van der Waals surface area (Å²) in [6.45, 7) is 0.360. The highest BCUT2D eigenvalue weighted by atomic mass is 19.4. The van der Waals surface area contributed by atoms with Crippen LogP contribution in [-0.2, 0) is 6.42 Å². The van der Waals surface area contributed by atoms with Crippen LogP contribution in [0.25, 0.3) is 0 Å². The molecule has 1 fully saturated rings. The molecular weight excluding hydrogens is 267 g/mol. The molecule has 0 spiro atoms. The first-order valence-electron chi connectivity index (χ1n) is 7.43. The number of nitrogens with one attached hydrogen (secondary N) is 1. The van der Waals surface area contributed by atoms with Crippen molar-refractivity contribution in [2.75, 3.05) is 11.9 Å². The highest BCUT2D eigenvalue weighted by Gasteiger charge is 2.43. The molecule has 2 heterocycles. The number of rotatable bonds is 2. The normalized spacial score (nSPS) is 24.2. The van der Waals surface area contributed by atoms with E-state index in [-0.39, 0.29) is 6.42 Å². The van der Waals surface area contributed by atoms with Crippen LogP contribution in [0.4, 0.5) is 19.0 Å². The van der Waals surface area contributed by atoms with Crippen LogP contribution in [0, 0.1) is 5.92 Å². The Hall–Kier alpha value is -1.20. The van der Waals surface area contributed by atoms with Gasteiger partial charge in [0.05, 0.1) is 5.69 Å². The average Bonchev–Trinajstić information content (AvgIpc) is 2.80. The lowest BCUT2D eigenvalue weighted by molar-refractivity contribution is -0.171. The zero-order valence-corrected chi connectivity index (χ0v) is 11.4. The van der Waals surface area contributed by atoms with Crippen molar-refractivity contribution < 1.29 is 13.2 Å². The van der Waals surface area contributed by atoms with E-state index in [0.29, 0.717) is 18.3 Å². The van der Waals surface area contributed by atoms with Gasteiger partial charge < -0.3 is 5.32 Å². The monoisotopic (exact) mass is 287 g/mol. The van der Waals surface area contributed by atoms with Gasteiger partial charge in [0.1, 0.15) is 5.82 Å². The summed E-state index contributed by atoms with van der Waals surface area (Å²) in [6, 6.07) is 0.325. The smallest absolute Gasteiger partial charge is 0.370 e. The predicted octanol–water partition coefficient (Wildman–Crippen LogP) is 3.92. The summed E-state index contributed by atoms with van der Waals surface area (Å²) in [5, 5.41) is 7.25. The molecule has 20 heavy (non-hydrogen) atoms. The second kappa shape index (κ2) is 5.30. The third kappa shape index (κ3) is 2.79. The Balaban J connectivity index is 1.76. The van der Waals surface area contributed by atoms with E-state index in [0.717, 1.165) is 16.8 Å². The zero-order chi connectivity index (χ0) is 14.2. The fourth-order valence-electron chi connectivity index (χ4n) is 3.36. The Morgan fingerprint density at radius 1 is 1.20 bits per heavy atom.